The molecule has 0 amide bonds. The Bertz CT molecular complexity index is 410. The second-order valence-corrected chi connectivity index (χ2v) is 5.24. The van der Waals surface area contributed by atoms with Crippen LogP contribution in [0, 0.1) is 11.6 Å². The first-order valence-electron chi connectivity index (χ1n) is 5.58. The predicted molar refractivity (Wildman–Crippen MR) is 64.6 cm³/mol. The largest absolute Gasteiger partial charge is 0.485 e. The van der Waals surface area contributed by atoms with Gasteiger partial charge in [0.05, 0.1) is 0 Å². The SMILES string of the molecule is OC1(COc2c(F)cc(Br)cc2F)CCOCC1. The highest BCUT2D eigenvalue weighted by Crippen LogP contribution is 2.28. The lowest BCUT2D eigenvalue weighted by Gasteiger charge is -2.31. The molecule has 0 saturated carbocycles. The Hall–Kier alpha value is -0.720. The van der Waals surface area contributed by atoms with Gasteiger partial charge in [0.1, 0.15) is 12.2 Å². The molecule has 0 bridgehead atoms. The maximum Gasteiger partial charge on any atom is 0.190 e. The molecule has 1 heterocycles. The van der Waals surface area contributed by atoms with Gasteiger partial charge in [-0.05, 0) is 12.1 Å². The molecular formula is C12H13BrF2O3. The maximum absolute atomic E-state index is 13.5. The molecule has 0 radical (unpaired) electrons. The van der Waals surface area contributed by atoms with Crippen molar-refractivity contribution in [2.75, 3.05) is 19.8 Å². The average molecular weight is 323 g/mol. The molecule has 0 aliphatic carbocycles. The summed E-state index contributed by atoms with van der Waals surface area (Å²) in [7, 11) is 0. The minimum Gasteiger partial charge on any atom is -0.485 e. The highest BCUT2D eigenvalue weighted by atomic mass is 79.9. The third kappa shape index (κ3) is 3.18. The number of halogens is 3. The Morgan fingerprint density at radius 2 is 1.83 bits per heavy atom. The normalized spacial score (nSPS) is 18.7. The van der Waals surface area contributed by atoms with Crippen molar-refractivity contribution in [3.63, 3.8) is 0 Å². The van der Waals surface area contributed by atoms with Crippen LogP contribution in [0.25, 0.3) is 0 Å². The van der Waals surface area contributed by atoms with E-state index in [-0.39, 0.29) is 6.61 Å². The maximum atomic E-state index is 13.5. The Balaban J connectivity index is 2.06. The van der Waals surface area contributed by atoms with Gasteiger partial charge >= 0.3 is 0 Å². The fourth-order valence-electron chi connectivity index (χ4n) is 1.77. The van der Waals surface area contributed by atoms with Crippen LogP contribution in [0.4, 0.5) is 8.78 Å². The molecule has 6 heteroatoms. The van der Waals surface area contributed by atoms with Crippen LogP contribution in [0.15, 0.2) is 16.6 Å². The first kappa shape index (κ1) is 13.7. The minimum atomic E-state index is -1.08. The van der Waals surface area contributed by atoms with Crippen LogP contribution in [0.1, 0.15) is 12.8 Å². The molecule has 0 aromatic heterocycles. The van der Waals surface area contributed by atoms with E-state index in [2.05, 4.69) is 15.9 Å². The summed E-state index contributed by atoms with van der Waals surface area (Å²) in [6.45, 7) is 0.697. The molecule has 100 valence electrons. The second kappa shape index (κ2) is 5.50. The van der Waals surface area contributed by atoms with E-state index in [9.17, 15) is 13.9 Å². The van der Waals surface area contributed by atoms with Crippen molar-refractivity contribution in [2.45, 2.75) is 18.4 Å². The van der Waals surface area contributed by atoms with Gasteiger partial charge in [-0.3, -0.25) is 0 Å². The summed E-state index contributed by atoms with van der Waals surface area (Å²) in [6.07, 6.45) is 0.791. The van der Waals surface area contributed by atoms with Crippen LogP contribution >= 0.6 is 15.9 Å². The lowest BCUT2D eigenvalue weighted by atomic mass is 9.96. The lowest BCUT2D eigenvalue weighted by molar-refractivity contribution is -0.0864. The Kier molecular flexibility index (Phi) is 4.19. The number of benzene rings is 1. The molecule has 1 N–H and O–H groups in total. The van der Waals surface area contributed by atoms with E-state index in [1.807, 2.05) is 0 Å². The number of hydrogen-bond acceptors (Lipinski definition) is 3. The summed E-state index contributed by atoms with van der Waals surface area (Å²) in [6, 6.07) is 2.24. The van der Waals surface area contributed by atoms with E-state index >= 15 is 0 Å². The third-order valence-electron chi connectivity index (χ3n) is 2.87. The highest BCUT2D eigenvalue weighted by Gasteiger charge is 2.31. The Morgan fingerprint density at radius 1 is 1.28 bits per heavy atom. The molecular weight excluding hydrogens is 310 g/mol. The first-order valence-corrected chi connectivity index (χ1v) is 6.37. The van der Waals surface area contributed by atoms with Crippen LogP contribution in [-0.4, -0.2) is 30.5 Å². The van der Waals surface area contributed by atoms with Crippen molar-refractivity contribution in [3.05, 3.63) is 28.2 Å². The van der Waals surface area contributed by atoms with Gasteiger partial charge in [-0.1, -0.05) is 15.9 Å². The molecule has 0 spiro atoms. The van der Waals surface area contributed by atoms with Gasteiger partial charge in [-0.25, -0.2) is 8.78 Å². The summed E-state index contributed by atoms with van der Waals surface area (Å²) < 4.78 is 37.5. The van der Waals surface area contributed by atoms with Crippen molar-refractivity contribution >= 4 is 15.9 Å². The van der Waals surface area contributed by atoms with E-state index in [1.54, 1.807) is 0 Å². The van der Waals surface area contributed by atoms with E-state index in [1.165, 1.54) is 0 Å². The quantitative estimate of drug-likeness (QED) is 0.929. The van der Waals surface area contributed by atoms with E-state index in [0.717, 1.165) is 12.1 Å². The predicted octanol–water partition coefficient (Wildman–Crippen LogP) is 2.65. The van der Waals surface area contributed by atoms with Gasteiger partial charge in [0.2, 0.25) is 0 Å². The first-order chi connectivity index (χ1) is 8.50. The molecule has 1 aromatic carbocycles. The second-order valence-electron chi connectivity index (χ2n) is 4.32. The molecule has 1 fully saturated rings. The van der Waals surface area contributed by atoms with Crippen molar-refractivity contribution in [1.82, 2.24) is 0 Å². The fourth-order valence-corrected chi connectivity index (χ4v) is 2.17. The zero-order chi connectivity index (χ0) is 13.2. The number of hydrogen-bond donors (Lipinski definition) is 1. The smallest absolute Gasteiger partial charge is 0.190 e. The molecule has 0 atom stereocenters. The van der Waals surface area contributed by atoms with Gasteiger partial charge in [-0.15, -0.1) is 0 Å². The van der Waals surface area contributed by atoms with Crippen LogP contribution in [-0.2, 0) is 4.74 Å². The summed E-state index contributed by atoms with van der Waals surface area (Å²) >= 11 is 2.98. The highest BCUT2D eigenvalue weighted by molar-refractivity contribution is 9.10. The van der Waals surface area contributed by atoms with E-state index in [4.69, 9.17) is 9.47 Å². The van der Waals surface area contributed by atoms with E-state index < -0.39 is 23.0 Å². The molecule has 2 rings (SSSR count). The summed E-state index contributed by atoms with van der Waals surface area (Å²) in [5.41, 5.74) is -1.08. The van der Waals surface area contributed by atoms with Crippen molar-refractivity contribution in [3.8, 4) is 5.75 Å². The van der Waals surface area contributed by atoms with Gasteiger partial charge in [0, 0.05) is 30.5 Å². The summed E-state index contributed by atoms with van der Waals surface area (Å²) in [4.78, 5) is 0. The topological polar surface area (TPSA) is 38.7 Å². The third-order valence-corrected chi connectivity index (χ3v) is 3.33. The van der Waals surface area contributed by atoms with Crippen molar-refractivity contribution in [2.24, 2.45) is 0 Å². The van der Waals surface area contributed by atoms with Crippen LogP contribution in [0.2, 0.25) is 0 Å². The standard InChI is InChI=1S/C12H13BrF2O3/c13-8-5-9(14)11(10(15)6-8)18-7-12(16)1-3-17-4-2-12/h5-6,16H,1-4,7H2. The van der Waals surface area contributed by atoms with Crippen LogP contribution < -0.4 is 4.74 Å². The van der Waals surface area contributed by atoms with Gasteiger partial charge < -0.3 is 14.6 Å². The monoisotopic (exact) mass is 322 g/mol. The number of aliphatic hydroxyl groups is 1. The van der Waals surface area contributed by atoms with Crippen LogP contribution in [0.5, 0.6) is 5.75 Å². The molecule has 3 nitrogen and oxygen atoms in total. The molecule has 1 aliphatic rings. The zero-order valence-electron chi connectivity index (χ0n) is 9.59. The molecule has 18 heavy (non-hydrogen) atoms. The summed E-state index contributed by atoms with van der Waals surface area (Å²) in [5, 5.41) is 10.1. The number of ether oxygens (including phenoxy) is 2. The lowest BCUT2D eigenvalue weighted by Crippen LogP contribution is -2.41. The van der Waals surface area contributed by atoms with Crippen LogP contribution in [0.3, 0.4) is 0 Å². The van der Waals surface area contributed by atoms with Gasteiger partial charge in [-0.2, -0.15) is 0 Å². The Labute approximate surface area is 112 Å². The Morgan fingerprint density at radius 3 is 2.39 bits per heavy atom. The number of rotatable bonds is 3. The minimum absolute atomic E-state index is 0.147. The van der Waals surface area contributed by atoms with Gasteiger partial charge in [0.15, 0.2) is 17.4 Å². The molecule has 0 unspecified atom stereocenters. The van der Waals surface area contributed by atoms with Crippen molar-refractivity contribution < 1.29 is 23.4 Å². The van der Waals surface area contributed by atoms with Crippen molar-refractivity contribution in [1.29, 1.82) is 0 Å². The van der Waals surface area contributed by atoms with E-state index in [0.29, 0.717) is 30.5 Å². The summed E-state index contributed by atoms with van der Waals surface area (Å²) in [5.74, 6) is -2.05. The fraction of sp³-hybridized carbons (Fsp3) is 0.500. The zero-order valence-corrected chi connectivity index (χ0v) is 11.2. The molecule has 1 aromatic rings. The van der Waals surface area contributed by atoms with Gasteiger partial charge in [0.25, 0.3) is 0 Å². The average Bonchev–Trinajstić information content (AvgIpc) is 2.28. The molecule has 1 aliphatic heterocycles. The molecule has 1 saturated heterocycles.